The Hall–Kier alpha value is -2.73. The molecule has 2 atom stereocenters. The zero-order valence-corrected chi connectivity index (χ0v) is 17.3. The van der Waals surface area contributed by atoms with Gasteiger partial charge in [0.15, 0.2) is 11.7 Å². The zero-order valence-electron chi connectivity index (χ0n) is 15.8. The normalized spacial score (nSPS) is 18.7. The average Bonchev–Trinajstić information content (AvgIpc) is 3.35. The molecule has 13 heteroatoms. The van der Waals surface area contributed by atoms with Crippen LogP contribution in [0.3, 0.4) is 0 Å². The fourth-order valence-electron chi connectivity index (χ4n) is 3.37. The minimum atomic E-state index is -4.67. The molecule has 32 heavy (non-hydrogen) atoms. The van der Waals surface area contributed by atoms with Gasteiger partial charge in [-0.2, -0.15) is 31.4 Å². The fourth-order valence-corrected chi connectivity index (χ4v) is 4.43. The second-order valence-electron chi connectivity index (χ2n) is 6.99. The summed E-state index contributed by atoms with van der Waals surface area (Å²) in [6.45, 7) is 0. The van der Waals surface area contributed by atoms with Gasteiger partial charge in [-0.3, -0.25) is 4.79 Å². The Morgan fingerprint density at radius 2 is 1.94 bits per heavy atom. The van der Waals surface area contributed by atoms with Crippen molar-refractivity contribution >= 4 is 40.4 Å². The van der Waals surface area contributed by atoms with Gasteiger partial charge in [0.25, 0.3) is 5.91 Å². The van der Waals surface area contributed by atoms with E-state index in [1.807, 2.05) is 0 Å². The monoisotopic (exact) mass is 494 g/mol. The first-order valence-electron chi connectivity index (χ1n) is 9.08. The number of fused-ring (bicyclic) bond motifs is 1. The number of rotatable bonds is 3. The van der Waals surface area contributed by atoms with Crippen LogP contribution in [0.25, 0.3) is 0 Å². The van der Waals surface area contributed by atoms with Gasteiger partial charge >= 0.3 is 12.4 Å². The summed E-state index contributed by atoms with van der Waals surface area (Å²) in [5.41, 5.74) is -1.74. The van der Waals surface area contributed by atoms with E-state index in [0.717, 1.165) is 12.1 Å². The SMILES string of the molecule is O=C(Nc1cccc(C(F)(F)F)c1)c1nn2c(c1Cl)N[C@@H](c1cccs1)C[C@H]2C(F)(F)F. The Kier molecular flexibility index (Phi) is 5.61. The van der Waals surface area contributed by atoms with Crippen LogP contribution in [0.4, 0.5) is 37.8 Å². The quantitative estimate of drug-likeness (QED) is 0.407. The van der Waals surface area contributed by atoms with Crippen molar-refractivity contribution in [3.63, 3.8) is 0 Å². The van der Waals surface area contributed by atoms with Crippen LogP contribution in [0, 0.1) is 0 Å². The summed E-state index contributed by atoms with van der Waals surface area (Å²) in [7, 11) is 0. The summed E-state index contributed by atoms with van der Waals surface area (Å²) >= 11 is 7.47. The molecule has 4 rings (SSSR count). The highest BCUT2D eigenvalue weighted by Gasteiger charge is 2.48. The van der Waals surface area contributed by atoms with Crippen molar-refractivity contribution in [3.8, 4) is 0 Å². The lowest BCUT2D eigenvalue weighted by molar-refractivity contribution is -0.173. The third-order valence-electron chi connectivity index (χ3n) is 4.85. The summed E-state index contributed by atoms with van der Waals surface area (Å²) in [5, 5.41) is 10.2. The summed E-state index contributed by atoms with van der Waals surface area (Å²) in [6, 6.07) is 4.45. The molecule has 0 bridgehead atoms. The van der Waals surface area contributed by atoms with E-state index in [2.05, 4.69) is 15.7 Å². The number of carbonyl (C=O) groups excluding carboxylic acids is 1. The van der Waals surface area contributed by atoms with Crippen molar-refractivity contribution < 1.29 is 31.1 Å². The lowest BCUT2D eigenvalue weighted by Crippen LogP contribution is -2.35. The maximum Gasteiger partial charge on any atom is 0.416 e. The Balaban J connectivity index is 1.67. The van der Waals surface area contributed by atoms with E-state index in [4.69, 9.17) is 11.6 Å². The van der Waals surface area contributed by atoms with Crippen molar-refractivity contribution in [2.45, 2.75) is 30.9 Å². The van der Waals surface area contributed by atoms with Gasteiger partial charge in [0.05, 0.1) is 11.6 Å². The average molecular weight is 495 g/mol. The number of hydrogen-bond donors (Lipinski definition) is 2. The highest BCUT2D eigenvalue weighted by molar-refractivity contribution is 7.10. The molecule has 0 fully saturated rings. The maximum absolute atomic E-state index is 13.7. The van der Waals surface area contributed by atoms with E-state index in [1.165, 1.54) is 17.4 Å². The number of carbonyl (C=O) groups is 1. The van der Waals surface area contributed by atoms with E-state index >= 15 is 0 Å². The Labute approximate surface area is 186 Å². The summed E-state index contributed by atoms with van der Waals surface area (Å²) in [6.07, 6.45) is -9.67. The van der Waals surface area contributed by atoms with Crippen LogP contribution in [0.2, 0.25) is 5.02 Å². The van der Waals surface area contributed by atoms with Crippen LogP contribution >= 0.6 is 22.9 Å². The van der Waals surface area contributed by atoms with Gasteiger partial charge in [0.2, 0.25) is 0 Å². The number of anilines is 2. The summed E-state index contributed by atoms with van der Waals surface area (Å²) in [5.74, 6) is -1.22. The van der Waals surface area contributed by atoms with Gasteiger partial charge in [-0.05, 0) is 29.6 Å². The maximum atomic E-state index is 13.7. The first kappa shape index (κ1) is 22.5. The number of nitrogens with one attached hydrogen (secondary N) is 2. The molecule has 0 saturated carbocycles. The molecule has 1 aromatic carbocycles. The standard InChI is InChI=1S/C19H13ClF6N4OS/c20-14-15(17(31)27-10-4-1-3-9(7-10)18(21,22)23)29-30-13(19(24,25)26)8-11(28-16(14)30)12-5-2-6-32-12/h1-7,11,13,28H,8H2,(H,27,31)/t11-,13+/m1/s1. The molecule has 1 aliphatic heterocycles. The van der Waals surface area contributed by atoms with Crippen molar-refractivity contribution in [2.24, 2.45) is 0 Å². The molecule has 3 heterocycles. The molecule has 1 aliphatic rings. The van der Waals surface area contributed by atoms with Crippen LogP contribution in [-0.4, -0.2) is 21.9 Å². The highest BCUT2D eigenvalue weighted by Crippen LogP contribution is 2.47. The molecule has 2 aromatic heterocycles. The van der Waals surface area contributed by atoms with Gasteiger partial charge in [-0.1, -0.05) is 23.7 Å². The highest BCUT2D eigenvalue weighted by atomic mass is 35.5. The van der Waals surface area contributed by atoms with Crippen LogP contribution in [-0.2, 0) is 6.18 Å². The van der Waals surface area contributed by atoms with Crippen LogP contribution < -0.4 is 10.6 Å². The number of halogens is 7. The van der Waals surface area contributed by atoms with Crippen molar-refractivity contribution in [1.29, 1.82) is 0 Å². The number of thiophene rings is 1. The fraction of sp³-hybridized carbons (Fsp3) is 0.263. The summed E-state index contributed by atoms with van der Waals surface area (Å²) in [4.78, 5) is 13.3. The number of alkyl halides is 6. The number of hydrogen-bond acceptors (Lipinski definition) is 4. The lowest BCUT2D eigenvalue weighted by atomic mass is 10.0. The van der Waals surface area contributed by atoms with Gasteiger partial charge in [-0.15, -0.1) is 11.3 Å². The molecule has 0 aliphatic carbocycles. The molecular weight excluding hydrogens is 482 g/mol. The predicted octanol–water partition coefficient (Wildman–Crippen LogP) is 6.53. The molecule has 0 unspecified atom stereocenters. The van der Waals surface area contributed by atoms with Crippen LogP contribution in [0.1, 0.15) is 39.4 Å². The van der Waals surface area contributed by atoms with Gasteiger partial charge < -0.3 is 10.6 Å². The van der Waals surface area contributed by atoms with Crippen molar-refractivity contribution in [3.05, 3.63) is 62.9 Å². The minimum Gasteiger partial charge on any atom is -0.361 e. The molecular formula is C19H13ClF6N4OS. The number of benzene rings is 1. The van der Waals surface area contributed by atoms with Crippen molar-refractivity contribution in [1.82, 2.24) is 9.78 Å². The Morgan fingerprint density at radius 1 is 1.19 bits per heavy atom. The number of aromatic nitrogens is 2. The minimum absolute atomic E-state index is 0.187. The van der Waals surface area contributed by atoms with Gasteiger partial charge in [-0.25, -0.2) is 4.68 Å². The second-order valence-corrected chi connectivity index (χ2v) is 8.35. The van der Waals surface area contributed by atoms with E-state index in [1.54, 1.807) is 17.5 Å². The predicted molar refractivity (Wildman–Crippen MR) is 107 cm³/mol. The van der Waals surface area contributed by atoms with E-state index in [0.29, 0.717) is 15.6 Å². The first-order valence-corrected chi connectivity index (χ1v) is 10.3. The number of amides is 1. The van der Waals surface area contributed by atoms with Gasteiger partial charge in [0.1, 0.15) is 10.8 Å². The van der Waals surface area contributed by atoms with Gasteiger partial charge in [0, 0.05) is 17.0 Å². The topological polar surface area (TPSA) is 59.0 Å². The largest absolute Gasteiger partial charge is 0.416 e. The van der Waals surface area contributed by atoms with Crippen LogP contribution in [0.15, 0.2) is 41.8 Å². The Bertz CT molecular complexity index is 1140. The van der Waals surface area contributed by atoms with Crippen LogP contribution in [0.5, 0.6) is 0 Å². The lowest BCUT2D eigenvalue weighted by Gasteiger charge is -2.32. The van der Waals surface area contributed by atoms with Crippen molar-refractivity contribution in [2.75, 3.05) is 10.6 Å². The smallest absolute Gasteiger partial charge is 0.361 e. The zero-order chi connectivity index (χ0) is 23.3. The third kappa shape index (κ3) is 4.29. The number of nitrogens with zero attached hydrogens (tertiary/aromatic N) is 2. The molecule has 0 saturated heterocycles. The molecule has 5 nitrogen and oxygen atoms in total. The molecule has 3 aromatic rings. The van der Waals surface area contributed by atoms with E-state index in [-0.39, 0.29) is 22.9 Å². The van der Waals surface area contributed by atoms with E-state index < -0.39 is 41.6 Å². The molecule has 170 valence electrons. The van der Waals surface area contributed by atoms with E-state index in [9.17, 15) is 31.1 Å². The summed E-state index contributed by atoms with van der Waals surface area (Å²) < 4.78 is 80.5. The molecule has 1 amide bonds. The second kappa shape index (κ2) is 8.00. The molecule has 0 spiro atoms. The molecule has 2 N–H and O–H groups in total. The first-order chi connectivity index (χ1) is 14.9. The Morgan fingerprint density at radius 3 is 2.56 bits per heavy atom. The molecule has 0 radical (unpaired) electrons. The third-order valence-corrected chi connectivity index (χ3v) is 6.19.